The van der Waals surface area contributed by atoms with Gasteiger partial charge in [-0.05, 0) is 31.0 Å². The molecule has 11 heteroatoms. The maximum Gasteiger partial charge on any atom is 0.329 e. The Balaban J connectivity index is 2.00. The molecule has 3 aromatic rings. The fourth-order valence-electron chi connectivity index (χ4n) is 2.88. The van der Waals surface area contributed by atoms with Gasteiger partial charge >= 0.3 is 5.69 Å². The Kier molecular flexibility index (Phi) is 5.57. The van der Waals surface area contributed by atoms with Crippen molar-refractivity contribution in [1.29, 1.82) is 0 Å². The monoisotopic (exact) mass is 399 g/mol. The van der Waals surface area contributed by atoms with E-state index in [-0.39, 0.29) is 11.3 Å². The van der Waals surface area contributed by atoms with Crippen molar-refractivity contribution in [2.75, 3.05) is 5.43 Å². The average Bonchev–Trinajstić information content (AvgIpc) is 3.07. The maximum absolute atomic E-state index is 12.3. The molecular formula is C18H21N7O4. The molecule has 3 rings (SSSR count). The van der Waals surface area contributed by atoms with E-state index in [9.17, 15) is 19.7 Å². The van der Waals surface area contributed by atoms with Crippen LogP contribution in [0.15, 0.2) is 39.0 Å². The van der Waals surface area contributed by atoms with Gasteiger partial charge in [0.1, 0.15) is 0 Å². The minimum atomic E-state index is -0.542. The lowest BCUT2D eigenvalue weighted by atomic mass is 10.1. The molecule has 11 nitrogen and oxygen atoms in total. The molecule has 2 N–H and O–H groups in total. The number of nitrogens with one attached hydrogen (secondary N) is 2. The number of aromatic nitrogens is 4. The molecule has 0 fully saturated rings. The van der Waals surface area contributed by atoms with Crippen LogP contribution in [0.1, 0.15) is 32.3 Å². The number of unbranched alkanes of at least 4 members (excludes halogenated alkanes) is 1. The average molecular weight is 399 g/mol. The number of non-ortho nitro benzene ring substituents is 1. The van der Waals surface area contributed by atoms with E-state index in [0.717, 1.165) is 12.8 Å². The first kappa shape index (κ1) is 20.0. The van der Waals surface area contributed by atoms with Gasteiger partial charge in [0.2, 0.25) is 5.95 Å². The molecule has 0 saturated heterocycles. The zero-order valence-corrected chi connectivity index (χ0v) is 16.3. The van der Waals surface area contributed by atoms with Gasteiger partial charge < -0.3 is 4.57 Å². The minimum Gasteiger partial charge on any atom is -0.303 e. The van der Waals surface area contributed by atoms with E-state index in [1.807, 2.05) is 6.92 Å². The number of fused-ring (bicyclic) bond motifs is 1. The molecule has 0 aliphatic heterocycles. The van der Waals surface area contributed by atoms with Gasteiger partial charge in [-0.3, -0.25) is 24.5 Å². The van der Waals surface area contributed by atoms with Gasteiger partial charge in [-0.25, -0.2) is 10.2 Å². The van der Waals surface area contributed by atoms with Gasteiger partial charge in [-0.2, -0.15) is 10.1 Å². The lowest BCUT2D eigenvalue weighted by molar-refractivity contribution is -0.384. The van der Waals surface area contributed by atoms with Crippen molar-refractivity contribution < 1.29 is 4.92 Å². The Bertz CT molecular complexity index is 1200. The lowest BCUT2D eigenvalue weighted by Crippen LogP contribution is -2.29. The molecule has 0 spiro atoms. The molecule has 0 amide bonds. The van der Waals surface area contributed by atoms with Crippen LogP contribution in [0.25, 0.3) is 11.2 Å². The fraction of sp³-hybridized carbons (Fsp3) is 0.333. The summed E-state index contributed by atoms with van der Waals surface area (Å²) in [6, 6.07) is 6.01. The third-order valence-electron chi connectivity index (χ3n) is 4.56. The van der Waals surface area contributed by atoms with Crippen LogP contribution in [-0.2, 0) is 13.6 Å². The van der Waals surface area contributed by atoms with Gasteiger partial charge in [0.25, 0.3) is 11.2 Å². The number of rotatable bonds is 7. The van der Waals surface area contributed by atoms with Crippen molar-refractivity contribution >= 4 is 28.5 Å². The number of hydrogen-bond acceptors (Lipinski definition) is 7. The van der Waals surface area contributed by atoms with Crippen molar-refractivity contribution in [2.45, 2.75) is 33.2 Å². The number of hydrazone groups is 1. The van der Waals surface area contributed by atoms with E-state index in [2.05, 4.69) is 20.5 Å². The number of nitro groups is 1. The predicted molar refractivity (Wildman–Crippen MR) is 109 cm³/mol. The molecule has 0 unspecified atom stereocenters. The second-order valence-electron chi connectivity index (χ2n) is 6.54. The van der Waals surface area contributed by atoms with Gasteiger partial charge in [-0.15, -0.1) is 0 Å². The third-order valence-corrected chi connectivity index (χ3v) is 4.56. The first-order valence-corrected chi connectivity index (χ1v) is 9.08. The third kappa shape index (κ3) is 3.93. The smallest absolute Gasteiger partial charge is 0.303 e. The SMILES string of the molecule is CCCCn1c(N/N=C(\C)c2ccc([N+](=O)[O-])cc2)nc2c1c(=O)[nH]c(=O)n2C. The van der Waals surface area contributed by atoms with E-state index in [4.69, 9.17) is 0 Å². The van der Waals surface area contributed by atoms with Crippen molar-refractivity contribution in [3.63, 3.8) is 0 Å². The highest BCUT2D eigenvalue weighted by Crippen LogP contribution is 2.17. The van der Waals surface area contributed by atoms with E-state index < -0.39 is 16.2 Å². The zero-order chi connectivity index (χ0) is 21.1. The van der Waals surface area contributed by atoms with Crippen molar-refractivity contribution in [1.82, 2.24) is 19.1 Å². The minimum absolute atomic E-state index is 0.00369. The highest BCUT2D eigenvalue weighted by molar-refractivity contribution is 5.99. The van der Waals surface area contributed by atoms with Gasteiger partial charge in [0.15, 0.2) is 11.2 Å². The number of anilines is 1. The summed E-state index contributed by atoms with van der Waals surface area (Å²) in [6.45, 7) is 4.31. The molecule has 0 bridgehead atoms. The topological polar surface area (TPSA) is 140 Å². The summed E-state index contributed by atoms with van der Waals surface area (Å²) in [7, 11) is 1.53. The fourth-order valence-corrected chi connectivity index (χ4v) is 2.88. The number of aryl methyl sites for hydroxylation is 2. The van der Waals surface area contributed by atoms with Crippen molar-refractivity contribution in [2.24, 2.45) is 12.1 Å². The molecule has 152 valence electrons. The number of aromatic amines is 1. The van der Waals surface area contributed by atoms with Crippen LogP contribution in [0.2, 0.25) is 0 Å². The van der Waals surface area contributed by atoms with Gasteiger partial charge in [0.05, 0.1) is 10.6 Å². The summed E-state index contributed by atoms with van der Waals surface area (Å²) < 4.78 is 2.97. The molecule has 0 saturated carbocycles. The molecule has 29 heavy (non-hydrogen) atoms. The summed E-state index contributed by atoms with van der Waals surface area (Å²) in [6.07, 6.45) is 1.72. The quantitative estimate of drug-likeness (QED) is 0.353. The van der Waals surface area contributed by atoms with Crippen molar-refractivity contribution in [3.05, 3.63) is 60.8 Å². The van der Waals surface area contributed by atoms with E-state index in [1.54, 1.807) is 23.6 Å². The largest absolute Gasteiger partial charge is 0.329 e. The number of H-pyrrole nitrogens is 1. The second kappa shape index (κ2) is 8.09. The predicted octanol–water partition coefficient (Wildman–Crippen LogP) is 1.97. The molecule has 0 aliphatic rings. The molecule has 2 aromatic heterocycles. The summed E-state index contributed by atoms with van der Waals surface area (Å²) in [5, 5.41) is 15.1. The zero-order valence-electron chi connectivity index (χ0n) is 16.3. The molecule has 0 atom stereocenters. The molecule has 1 aromatic carbocycles. The Morgan fingerprint density at radius 2 is 2.00 bits per heavy atom. The number of hydrogen-bond donors (Lipinski definition) is 2. The van der Waals surface area contributed by atoms with Crippen LogP contribution in [0, 0.1) is 10.1 Å². The van der Waals surface area contributed by atoms with Crippen LogP contribution in [-0.4, -0.2) is 29.7 Å². The summed E-state index contributed by atoms with van der Waals surface area (Å²) in [4.78, 5) is 41.2. The molecular weight excluding hydrogens is 378 g/mol. The molecule has 0 radical (unpaired) electrons. The lowest BCUT2D eigenvalue weighted by Gasteiger charge is -2.08. The number of nitro benzene ring substituents is 1. The second-order valence-corrected chi connectivity index (χ2v) is 6.54. The normalized spacial score (nSPS) is 11.8. The van der Waals surface area contributed by atoms with Crippen LogP contribution in [0.3, 0.4) is 0 Å². The molecule has 0 aliphatic carbocycles. The summed E-state index contributed by atoms with van der Waals surface area (Å²) in [5.74, 6) is 0.335. The van der Waals surface area contributed by atoms with Crippen molar-refractivity contribution in [3.8, 4) is 0 Å². The Morgan fingerprint density at radius 1 is 1.31 bits per heavy atom. The van der Waals surface area contributed by atoms with E-state index in [1.165, 1.54) is 23.7 Å². The van der Waals surface area contributed by atoms with E-state index in [0.29, 0.717) is 29.3 Å². The van der Waals surface area contributed by atoms with Crippen LogP contribution in [0.4, 0.5) is 11.6 Å². The highest BCUT2D eigenvalue weighted by atomic mass is 16.6. The number of benzene rings is 1. The summed E-state index contributed by atoms with van der Waals surface area (Å²) in [5.41, 5.74) is 3.65. The first-order chi connectivity index (χ1) is 13.8. The van der Waals surface area contributed by atoms with Crippen LogP contribution < -0.4 is 16.7 Å². The maximum atomic E-state index is 12.3. The van der Waals surface area contributed by atoms with Crippen LogP contribution >= 0.6 is 0 Å². The summed E-state index contributed by atoms with van der Waals surface area (Å²) >= 11 is 0. The Labute approximate surface area is 164 Å². The standard InChI is InChI=1S/C18H21N7O4/c1-4-5-10-24-14-15(23(3)18(27)20-16(14)26)19-17(24)22-21-11(2)12-6-8-13(9-7-12)25(28)29/h6-9H,4-5,10H2,1-3H3,(H,19,22)(H,20,26,27)/b21-11+. The van der Waals surface area contributed by atoms with E-state index >= 15 is 0 Å². The Hall–Kier alpha value is -3.76. The highest BCUT2D eigenvalue weighted by Gasteiger charge is 2.17. The molecule has 2 heterocycles. The van der Waals surface area contributed by atoms with Crippen LogP contribution in [0.5, 0.6) is 0 Å². The first-order valence-electron chi connectivity index (χ1n) is 9.08. The number of imidazole rings is 1. The van der Waals surface area contributed by atoms with Gasteiger partial charge in [-0.1, -0.05) is 13.3 Å². The Morgan fingerprint density at radius 3 is 2.62 bits per heavy atom. The number of nitrogens with zero attached hydrogens (tertiary/aromatic N) is 5. The van der Waals surface area contributed by atoms with Gasteiger partial charge in [0, 0.05) is 25.7 Å².